The van der Waals surface area contributed by atoms with Crippen molar-refractivity contribution < 1.29 is 14.3 Å². The summed E-state index contributed by atoms with van der Waals surface area (Å²) in [5.74, 6) is 0.242. The van der Waals surface area contributed by atoms with Gasteiger partial charge in [-0.05, 0) is 30.2 Å². The first-order valence-electron chi connectivity index (χ1n) is 10.1. The number of carbonyl (C=O) groups is 2. The van der Waals surface area contributed by atoms with Crippen molar-refractivity contribution in [2.75, 3.05) is 44.6 Å². The quantitative estimate of drug-likeness (QED) is 0.763. The molecule has 0 bridgehead atoms. The second kappa shape index (κ2) is 10.4. The summed E-state index contributed by atoms with van der Waals surface area (Å²) in [6, 6.07) is 16.7. The van der Waals surface area contributed by atoms with Gasteiger partial charge in [-0.15, -0.1) is 0 Å². The molecule has 1 N–H and O–H groups in total. The average Bonchev–Trinajstić information content (AvgIpc) is 2.78. The van der Waals surface area contributed by atoms with Crippen LogP contribution in [0.2, 0.25) is 0 Å². The maximum atomic E-state index is 12.4. The number of piperazine rings is 1. The Labute approximate surface area is 176 Å². The van der Waals surface area contributed by atoms with Crippen molar-refractivity contribution in [3.05, 3.63) is 59.7 Å². The summed E-state index contributed by atoms with van der Waals surface area (Å²) in [6.07, 6.45) is 0.859. The van der Waals surface area contributed by atoms with E-state index in [2.05, 4.69) is 18.3 Å². The molecule has 1 fully saturated rings. The van der Waals surface area contributed by atoms with Crippen LogP contribution in [0, 0.1) is 11.3 Å². The largest absolute Gasteiger partial charge is 0.482 e. The van der Waals surface area contributed by atoms with Crippen molar-refractivity contribution in [2.24, 2.45) is 0 Å². The molecule has 0 spiro atoms. The number of rotatable bonds is 7. The molecule has 0 saturated carbocycles. The number of nitriles is 1. The number of amides is 2. The Balaban J connectivity index is 1.43. The number of benzene rings is 2. The maximum Gasteiger partial charge on any atom is 0.260 e. The van der Waals surface area contributed by atoms with E-state index in [4.69, 9.17) is 10.00 Å². The van der Waals surface area contributed by atoms with E-state index in [9.17, 15) is 9.59 Å². The number of anilines is 1. The minimum absolute atomic E-state index is 0.0490. The predicted molar refractivity (Wildman–Crippen MR) is 114 cm³/mol. The predicted octanol–water partition coefficient (Wildman–Crippen LogP) is 2.28. The highest BCUT2D eigenvalue weighted by Crippen LogP contribution is 2.17. The topological polar surface area (TPSA) is 85.7 Å². The molecule has 0 atom stereocenters. The molecule has 0 aromatic heterocycles. The first-order chi connectivity index (χ1) is 14.6. The minimum atomic E-state index is -0.122. The lowest BCUT2D eigenvalue weighted by Crippen LogP contribution is -2.51. The summed E-state index contributed by atoms with van der Waals surface area (Å²) in [6.45, 7) is 4.59. The molecule has 1 saturated heterocycles. The molecule has 1 aliphatic heterocycles. The molecule has 7 nitrogen and oxygen atoms in total. The van der Waals surface area contributed by atoms with Gasteiger partial charge >= 0.3 is 0 Å². The van der Waals surface area contributed by atoms with Gasteiger partial charge in [0, 0.05) is 31.9 Å². The van der Waals surface area contributed by atoms with Crippen molar-refractivity contribution in [1.82, 2.24) is 9.80 Å². The monoisotopic (exact) mass is 406 g/mol. The molecule has 0 aliphatic carbocycles. The van der Waals surface area contributed by atoms with Gasteiger partial charge in [-0.2, -0.15) is 5.26 Å². The normalized spacial score (nSPS) is 14.1. The molecule has 7 heteroatoms. The molecule has 156 valence electrons. The summed E-state index contributed by atoms with van der Waals surface area (Å²) in [7, 11) is 0. The molecule has 2 amide bonds. The maximum absolute atomic E-state index is 12.4. The number of nitrogens with zero attached hydrogens (tertiary/aromatic N) is 3. The number of para-hydroxylation sites is 2. The second-order valence-corrected chi connectivity index (χ2v) is 7.11. The highest BCUT2D eigenvalue weighted by molar-refractivity contribution is 5.93. The molecule has 2 aromatic carbocycles. The zero-order chi connectivity index (χ0) is 21.3. The van der Waals surface area contributed by atoms with E-state index >= 15 is 0 Å². The van der Waals surface area contributed by atoms with Crippen LogP contribution in [-0.4, -0.2) is 60.9 Å². The summed E-state index contributed by atoms with van der Waals surface area (Å²) >= 11 is 0. The van der Waals surface area contributed by atoms with Crippen LogP contribution < -0.4 is 10.1 Å². The van der Waals surface area contributed by atoms with Crippen molar-refractivity contribution in [2.45, 2.75) is 13.3 Å². The standard InChI is InChI=1S/C23H26N4O3/c1-2-18-7-3-5-9-20(18)25-22(28)16-26-11-13-27(14-12-26)23(29)17-30-21-10-6-4-8-19(21)15-24/h3-10H,2,11-14,16-17H2,1H3,(H,25,28). The Kier molecular flexibility index (Phi) is 7.41. The lowest BCUT2D eigenvalue weighted by atomic mass is 10.1. The molecule has 1 aliphatic rings. The van der Waals surface area contributed by atoms with Crippen LogP contribution in [0.5, 0.6) is 5.75 Å². The van der Waals surface area contributed by atoms with E-state index in [-0.39, 0.29) is 18.4 Å². The Hall–Kier alpha value is -3.37. The summed E-state index contributed by atoms with van der Waals surface area (Å²) < 4.78 is 5.53. The number of hydrogen-bond acceptors (Lipinski definition) is 5. The van der Waals surface area contributed by atoms with Gasteiger partial charge in [0.1, 0.15) is 11.8 Å². The van der Waals surface area contributed by atoms with Crippen LogP contribution in [-0.2, 0) is 16.0 Å². The van der Waals surface area contributed by atoms with E-state index in [1.807, 2.05) is 29.2 Å². The van der Waals surface area contributed by atoms with E-state index < -0.39 is 0 Å². The third-order valence-electron chi connectivity index (χ3n) is 5.12. The molecule has 3 rings (SSSR count). The second-order valence-electron chi connectivity index (χ2n) is 7.11. The fraction of sp³-hybridized carbons (Fsp3) is 0.348. The summed E-state index contributed by atoms with van der Waals surface area (Å²) in [5.41, 5.74) is 2.37. The Morgan fingerprint density at radius 2 is 1.77 bits per heavy atom. The zero-order valence-corrected chi connectivity index (χ0v) is 17.1. The highest BCUT2D eigenvalue weighted by atomic mass is 16.5. The third-order valence-corrected chi connectivity index (χ3v) is 5.12. The molecule has 1 heterocycles. The van der Waals surface area contributed by atoms with Crippen LogP contribution in [0.1, 0.15) is 18.1 Å². The smallest absolute Gasteiger partial charge is 0.260 e. The van der Waals surface area contributed by atoms with Crippen LogP contribution in [0.4, 0.5) is 5.69 Å². The first-order valence-corrected chi connectivity index (χ1v) is 10.1. The zero-order valence-electron chi connectivity index (χ0n) is 17.1. The van der Waals surface area contributed by atoms with Crippen molar-refractivity contribution in [3.63, 3.8) is 0 Å². The van der Waals surface area contributed by atoms with Gasteiger partial charge in [-0.25, -0.2) is 0 Å². The average molecular weight is 406 g/mol. The van der Waals surface area contributed by atoms with Gasteiger partial charge in [0.2, 0.25) is 5.91 Å². The van der Waals surface area contributed by atoms with Crippen molar-refractivity contribution in [1.29, 1.82) is 5.26 Å². The first kappa shape index (κ1) is 21.3. The molecule has 0 radical (unpaired) electrons. The lowest BCUT2D eigenvalue weighted by Gasteiger charge is -2.34. The number of ether oxygens (including phenoxy) is 1. The van der Waals surface area contributed by atoms with Crippen LogP contribution >= 0.6 is 0 Å². The van der Waals surface area contributed by atoms with Gasteiger partial charge in [0.05, 0.1) is 12.1 Å². The summed E-state index contributed by atoms with van der Waals surface area (Å²) in [5, 5.41) is 12.1. The Bertz CT molecular complexity index is 930. The Morgan fingerprint density at radius 3 is 2.50 bits per heavy atom. The number of carbonyl (C=O) groups excluding carboxylic acids is 2. The van der Waals surface area contributed by atoms with Crippen LogP contribution in [0.25, 0.3) is 0 Å². The van der Waals surface area contributed by atoms with Gasteiger partial charge in [-0.3, -0.25) is 14.5 Å². The molecule has 2 aromatic rings. The number of nitrogens with one attached hydrogen (secondary N) is 1. The van der Waals surface area contributed by atoms with Crippen LogP contribution in [0.3, 0.4) is 0 Å². The van der Waals surface area contributed by atoms with E-state index in [0.717, 1.165) is 17.7 Å². The lowest BCUT2D eigenvalue weighted by molar-refractivity contribution is -0.135. The van der Waals surface area contributed by atoms with Crippen molar-refractivity contribution in [3.8, 4) is 11.8 Å². The molecule has 30 heavy (non-hydrogen) atoms. The van der Waals surface area contributed by atoms with Gasteiger partial charge in [0.15, 0.2) is 6.61 Å². The van der Waals surface area contributed by atoms with Gasteiger partial charge in [-0.1, -0.05) is 37.3 Å². The van der Waals surface area contributed by atoms with Gasteiger partial charge in [0.25, 0.3) is 5.91 Å². The number of aryl methyl sites for hydroxylation is 1. The third kappa shape index (κ3) is 5.58. The molecular formula is C23H26N4O3. The van der Waals surface area contributed by atoms with E-state index in [1.54, 1.807) is 29.2 Å². The van der Waals surface area contributed by atoms with Crippen molar-refractivity contribution >= 4 is 17.5 Å². The fourth-order valence-electron chi connectivity index (χ4n) is 3.41. The molecular weight excluding hydrogens is 380 g/mol. The van der Waals surface area contributed by atoms with E-state index in [0.29, 0.717) is 44.0 Å². The van der Waals surface area contributed by atoms with Gasteiger partial charge < -0.3 is 15.0 Å². The van der Waals surface area contributed by atoms with Crippen LogP contribution in [0.15, 0.2) is 48.5 Å². The van der Waals surface area contributed by atoms with E-state index in [1.165, 1.54) is 0 Å². The molecule has 0 unspecified atom stereocenters. The summed E-state index contributed by atoms with van der Waals surface area (Å²) in [4.78, 5) is 28.6. The number of hydrogen-bond donors (Lipinski definition) is 1. The fourth-order valence-corrected chi connectivity index (χ4v) is 3.41. The highest BCUT2D eigenvalue weighted by Gasteiger charge is 2.23. The minimum Gasteiger partial charge on any atom is -0.482 e. The Morgan fingerprint density at radius 1 is 1.07 bits per heavy atom. The SMILES string of the molecule is CCc1ccccc1NC(=O)CN1CCN(C(=O)COc2ccccc2C#N)CC1.